The van der Waals surface area contributed by atoms with Gasteiger partial charge in [-0.1, -0.05) is 13.8 Å². The van der Waals surface area contributed by atoms with E-state index in [2.05, 4.69) is 6.07 Å². The summed E-state index contributed by atoms with van der Waals surface area (Å²) in [7, 11) is -3.25. The zero-order valence-corrected chi connectivity index (χ0v) is 12.9. The van der Waals surface area contributed by atoms with Gasteiger partial charge in [0.2, 0.25) is 5.91 Å². The molecule has 106 valence electrons. The highest BCUT2D eigenvalue weighted by Gasteiger charge is 2.31. The van der Waals surface area contributed by atoms with Crippen LogP contribution in [0.25, 0.3) is 0 Å². The van der Waals surface area contributed by atoms with Gasteiger partial charge >= 0.3 is 0 Å². The lowest BCUT2D eigenvalue weighted by atomic mass is 9.98. The first kappa shape index (κ1) is 14.5. The van der Waals surface area contributed by atoms with E-state index in [0.717, 1.165) is 12.8 Å². The fourth-order valence-electron chi connectivity index (χ4n) is 2.51. The van der Waals surface area contributed by atoms with Gasteiger partial charge in [-0.15, -0.1) is 11.3 Å². The van der Waals surface area contributed by atoms with Crippen LogP contribution in [-0.2, 0) is 21.1 Å². The Hall–Kier alpha value is -0.880. The van der Waals surface area contributed by atoms with Gasteiger partial charge in [0, 0.05) is 17.2 Å². The molecule has 0 radical (unpaired) electrons. The number of hydrogen-bond acceptors (Lipinski definition) is 4. The van der Waals surface area contributed by atoms with Crippen LogP contribution < -0.4 is 0 Å². The van der Waals surface area contributed by atoms with E-state index < -0.39 is 9.84 Å². The Balaban J connectivity index is 2.20. The molecule has 19 heavy (non-hydrogen) atoms. The molecule has 0 aromatic carbocycles. The summed E-state index contributed by atoms with van der Waals surface area (Å²) in [4.78, 5) is 15.3. The third-order valence-corrected chi connectivity index (χ3v) is 6.15. The van der Waals surface area contributed by atoms with Gasteiger partial charge in [-0.3, -0.25) is 4.79 Å². The second kappa shape index (κ2) is 5.63. The number of fused-ring (bicyclic) bond motifs is 1. The van der Waals surface area contributed by atoms with Crippen LogP contribution in [0.5, 0.6) is 0 Å². The quantitative estimate of drug-likeness (QED) is 0.855. The molecule has 2 rings (SSSR count). The topological polar surface area (TPSA) is 54.5 Å². The second-order valence-electron chi connectivity index (χ2n) is 4.74. The van der Waals surface area contributed by atoms with Crippen LogP contribution in [0, 0.1) is 0 Å². The third-order valence-electron chi connectivity index (χ3n) is 3.59. The van der Waals surface area contributed by atoms with Crippen LogP contribution in [0.15, 0.2) is 11.4 Å². The van der Waals surface area contributed by atoms with E-state index >= 15 is 0 Å². The molecule has 1 atom stereocenters. The lowest BCUT2D eigenvalue weighted by molar-refractivity contribution is -0.131. The third kappa shape index (κ3) is 3.00. The Kier molecular flexibility index (Phi) is 4.30. The van der Waals surface area contributed by atoms with Gasteiger partial charge in [0.15, 0.2) is 9.84 Å². The van der Waals surface area contributed by atoms with Crippen molar-refractivity contribution < 1.29 is 13.2 Å². The lowest BCUT2D eigenvalue weighted by Crippen LogP contribution is -2.42. The maximum absolute atomic E-state index is 12.2. The first-order valence-electron chi connectivity index (χ1n) is 6.54. The van der Waals surface area contributed by atoms with Gasteiger partial charge in [-0.05, 0) is 29.9 Å². The average molecular weight is 301 g/mol. The van der Waals surface area contributed by atoms with E-state index in [0.29, 0.717) is 6.54 Å². The zero-order valence-electron chi connectivity index (χ0n) is 11.3. The van der Waals surface area contributed by atoms with Crippen LogP contribution in [0.1, 0.15) is 36.8 Å². The predicted molar refractivity (Wildman–Crippen MR) is 77.1 cm³/mol. The van der Waals surface area contributed by atoms with Crippen molar-refractivity contribution in [1.29, 1.82) is 0 Å². The summed E-state index contributed by atoms with van der Waals surface area (Å²) in [6.07, 6.45) is 1.66. The van der Waals surface area contributed by atoms with Crippen molar-refractivity contribution in [3.63, 3.8) is 0 Å². The molecule has 0 fully saturated rings. The Bertz CT molecular complexity index is 562. The maximum Gasteiger partial charge on any atom is 0.238 e. The minimum atomic E-state index is -3.25. The molecular weight excluding hydrogens is 282 g/mol. The van der Waals surface area contributed by atoms with Crippen molar-refractivity contribution in [2.24, 2.45) is 0 Å². The van der Waals surface area contributed by atoms with E-state index in [1.807, 2.05) is 12.3 Å². The number of carbonyl (C=O) groups excluding carboxylic acids is 1. The molecule has 1 amide bonds. The van der Waals surface area contributed by atoms with Gasteiger partial charge in [0.1, 0.15) is 5.75 Å². The molecule has 0 saturated heterocycles. The van der Waals surface area contributed by atoms with Gasteiger partial charge in [0.25, 0.3) is 0 Å². The number of hydrogen-bond donors (Lipinski definition) is 0. The van der Waals surface area contributed by atoms with Crippen LogP contribution >= 0.6 is 11.3 Å². The standard InChI is InChI=1S/C13H19NO3S2/c1-3-11-10-6-8-18-12(10)5-7-14(11)13(15)9-19(16,17)4-2/h6,8,11H,3-5,7,9H2,1-2H3/t11-/m1/s1. The lowest BCUT2D eigenvalue weighted by Gasteiger charge is -2.35. The SMILES string of the molecule is CC[C@@H]1c2ccsc2CCN1C(=O)CS(=O)(=O)CC. The summed E-state index contributed by atoms with van der Waals surface area (Å²) in [5.74, 6) is -0.599. The summed E-state index contributed by atoms with van der Waals surface area (Å²) >= 11 is 1.72. The molecule has 0 spiro atoms. The van der Waals surface area contributed by atoms with Gasteiger partial charge in [-0.2, -0.15) is 0 Å². The number of carbonyl (C=O) groups is 1. The molecule has 0 unspecified atom stereocenters. The summed E-state index contributed by atoms with van der Waals surface area (Å²) < 4.78 is 23.2. The van der Waals surface area contributed by atoms with E-state index in [1.165, 1.54) is 10.4 Å². The molecule has 0 saturated carbocycles. The largest absolute Gasteiger partial charge is 0.334 e. The predicted octanol–water partition coefficient (Wildman–Crippen LogP) is 2.02. The molecule has 4 nitrogen and oxygen atoms in total. The normalized spacial score (nSPS) is 19.3. The Morgan fingerprint density at radius 1 is 1.47 bits per heavy atom. The fraction of sp³-hybridized carbons (Fsp3) is 0.615. The van der Waals surface area contributed by atoms with Crippen LogP contribution in [0.2, 0.25) is 0 Å². The molecule has 6 heteroatoms. The molecule has 0 aliphatic carbocycles. The fourth-order valence-corrected chi connectivity index (χ4v) is 4.18. The van der Waals surface area contributed by atoms with E-state index in [9.17, 15) is 13.2 Å². The van der Waals surface area contributed by atoms with E-state index in [4.69, 9.17) is 0 Å². The van der Waals surface area contributed by atoms with Crippen LogP contribution in [-0.4, -0.2) is 37.3 Å². The molecule has 2 heterocycles. The molecule has 1 aromatic rings. The average Bonchev–Trinajstić information content (AvgIpc) is 2.85. The highest BCUT2D eigenvalue weighted by molar-refractivity contribution is 7.92. The first-order valence-corrected chi connectivity index (χ1v) is 9.24. The van der Waals surface area contributed by atoms with E-state index in [1.54, 1.807) is 23.2 Å². The molecule has 1 aliphatic rings. The number of nitrogens with zero attached hydrogens (tertiary/aromatic N) is 1. The van der Waals surface area contributed by atoms with Crippen molar-refractivity contribution in [2.45, 2.75) is 32.7 Å². The monoisotopic (exact) mass is 301 g/mol. The van der Waals surface area contributed by atoms with Crippen LogP contribution in [0.3, 0.4) is 0 Å². The molecule has 0 bridgehead atoms. The first-order chi connectivity index (χ1) is 8.98. The summed E-state index contributed by atoms with van der Waals surface area (Å²) in [6, 6.07) is 2.09. The Morgan fingerprint density at radius 3 is 2.84 bits per heavy atom. The van der Waals surface area contributed by atoms with E-state index in [-0.39, 0.29) is 23.5 Å². The number of amides is 1. The number of rotatable bonds is 4. The van der Waals surface area contributed by atoms with Crippen molar-refractivity contribution in [3.8, 4) is 0 Å². The highest BCUT2D eigenvalue weighted by Crippen LogP contribution is 2.35. The van der Waals surface area contributed by atoms with Crippen LogP contribution in [0.4, 0.5) is 0 Å². The Morgan fingerprint density at radius 2 is 2.21 bits per heavy atom. The summed E-state index contributed by atoms with van der Waals surface area (Å²) in [5.41, 5.74) is 1.20. The van der Waals surface area contributed by atoms with Crippen molar-refractivity contribution in [3.05, 3.63) is 21.9 Å². The van der Waals surface area contributed by atoms with Gasteiger partial charge < -0.3 is 4.90 Å². The van der Waals surface area contributed by atoms with Gasteiger partial charge in [-0.25, -0.2) is 8.42 Å². The number of thiophene rings is 1. The minimum absolute atomic E-state index is 0.0209. The smallest absolute Gasteiger partial charge is 0.238 e. The number of sulfone groups is 1. The van der Waals surface area contributed by atoms with Crippen molar-refractivity contribution in [1.82, 2.24) is 4.90 Å². The molecular formula is C13H19NO3S2. The highest BCUT2D eigenvalue weighted by atomic mass is 32.2. The van der Waals surface area contributed by atoms with Gasteiger partial charge in [0.05, 0.1) is 6.04 Å². The second-order valence-corrected chi connectivity index (χ2v) is 8.09. The Labute approximate surface area is 118 Å². The van der Waals surface area contributed by atoms with Crippen molar-refractivity contribution >= 4 is 27.1 Å². The molecule has 0 N–H and O–H groups in total. The summed E-state index contributed by atoms with van der Waals surface area (Å²) in [5, 5.41) is 2.05. The minimum Gasteiger partial charge on any atom is -0.334 e. The summed E-state index contributed by atoms with van der Waals surface area (Å²) in [6.45, 7) is 4.24. The zero-order chi connectivity index (χ0) is 14.0. The molecule has 1 aromatic heterocycles. The molecule has 1 aliphatic heterocycles. The maximum atomic E-state index is 12.2. The van der Waals surface area contributed by atoms with Crippen molar-refractivity contribution in [2.75, 3.05) is 18.1 Å².